The maximum Gasteiger partial charge on any atom is 0.412 e. The van der Waals surface area contributed by atoms with Gasteiger partial charge in [-0.3, -0.25) is 14.9 Å². The molecule has 0 aliphatic carbocycles. The Morgan fingerprint density at radius 1 is 1.06 bits per heavy atom. The van der Waals surface area contributed by atoms with E-state index in [0.717, 1.165) is 0 Å². The van der Waals surface area contributed by atoms with Gasteiger partial charge in [-0.2, -0.15) is 12.6 Å². The van der Waals surface area contributed by atoms with Gasteiger partial charge in [0.25, 0.3) is 0 Å². The minimum atomic E-state index is -0.836. The summed E-state index contributed by atoms with van der Waals surface area (Å²) < 4.78 is 16.1. The van der Waals surface area contributed by atoms with E-state index in [1.165, 1.54) is 26.2 Å². The lowest BCUT2D eigenvalue weighted by atomic mass is 10.0. The van der Waals surface area contributed by atoms with Crippen LogP contribution in [0.1, 0.15) is 35.4 Å². The van der Waals surface area contributed by atoms with Gasteiger partial charge in [-0.1, -0.05) is 12.1 Å². The zero-order valence-corrected chi connectivity index (χ0v) is 18.1. The Hall–Kier alpha value is -3.04. The van der Waals surface area contributed by atoms with Crippen LogP contribution in [0.3, 0.4) is 0 Å². The van der Waals surface area contributed by atoms with Gasteiger partial charge in [0, 0.05) is 24.8 Å². The van der Waals surface area contributed by atoms with Crippen molar-refractivity contribution >= 4 is 36.2 Å². The molecule has 166 valence electrons. The molecular weight excluding hydrogens is 422 g/mol. The largest absolute Gasteiger partial charge is 0.508 e. The number of aromatic hydroxyl groups is 1. The third kappa shape index (κ3) is 7.62. The number of methoxy groups -OCH3 is 1. The predicted molar refractivity (Wildman–Crippen MR) is 118 cm³/mol. The van der Waals surface area contributed by atoms with Crippen molar-refractivity contribution in [3.63, 3.8) is 0 Å². The molecule has 2 atom stereocenters. The van der Waals surface area contributed by atoms with E-state index in [1.807, 2.05) is 0 Å². The van der Waals surface area contributed by atoms with Crippen molar-refractivity contribution in [3.8, 4) is 5.75 Å². The first-order valence-corrected chi connectivity index (χ1v) is 10.1. The van der Waals surface area contributed by atoms with Gasteiger partial charge in [0.15, 0.2) is 11.9 Å². The molecular formula is C22H25NO7S. The first-order valence-electron chi connectivity index (χ1n) is 9.51. The minimum absolute atomic E-state index is 0.0413. The quantitative estimate of drug-likeness (QED) is 0.289. The smallest absolute Gasteiger partial charge is 0.412 e. The Kier molecular flexibility index (Phi) is 9.36. The topological polar surface area (TPSA) is 111 Å². The summed E-state index contributed by atoms with van der Waals surface area (Å²) in [5, 5.41) is 12.2. The molecule has 9 heteroatoms. The van der Waals surface area contributed by atoms with Crippen molar-refractivity contribution in [1.29, 1.82) is 0 Å². The first kappa shape index (κ1) is 24.2. The van der Waals surface area contributed by atoms with Crippen molar-refractivity contribution in [1.82, 2.24) is 0 Å². The molecule has 2 aromatic rings. The number of carbonyl (C=O) groups is 3. The highest BCUT2D eigenvalue weighted by Crippen LogP contribution is 2.28. The van der Waals surface area contributed by atoms with E-state index in [4.69, 9.17) is 14.2 Å². The molecule has 2 N–H and O–H groups in total. The van der Waals surface area contributed by atoms with E-state index in [2.05, 4.69) is 17.9 Å². The van der Waals surface area contributed by atoms with Crippen molar-refractivity contribution in [2.24, 2.45) is 0 Å². The summed E-state index contributed by atoms with van der Waals surface area (Å²) in [6.45, 7) is 1.52. The lowest BCUT2D eigenvalue weighted by Gasteiger charge is -2.26. The lowest BCUT2D eigenvalue weighted by Crippen LogP contribution is -2.29. The zero-order valence-electron chi connectivity index (χ0n) is 17.2. The van der Waals surface area contributed by atoms with Crippen LogP contribution < -0.4 is 5.32 Å². The highest BCUT2D eigenvalue weighted by Gasteiger charge is 2.27. The summed E-state index contributed by atoms with van der Waals surface area (Å²) in [5.74, 6) is -0.523. The number of carbonyl (C=O) groups excluding carboxylic acids is 3. The zero-order chi connectivity index (χ0) is 22.8. The molecule has 0 saturated carbocycles. The monoisotopic (exact) mass is 447 g/mol. The molecule has 0 radical (unpaired) electrons. The van der Waals surface area contributed by atoms with E-state index >= 15 is 0 Å². The number of benzene rings is 2. The molecule has 0 aromatic heterocycles. The summed E-state index contributed by atoms with van der Waals surface area (Å²) in [7, 11) is 1.46. The molecule has 0 heterocycles. The second kappa shape index (κ2) is 12.0. The van der Waals surface area contributed by atoms with Crippen LogP contribution in [0.2, 0.25) is 0 Å². The van der Waals surface area contributed by atoms with E-state index in [9.17, 15) is 19.5 Å². The van der Waals surface area contributed by atoms with Gasteiger partial charge < -0.3 is 19.3 Å². The van der Waals surface area contributed by atoms with Gasteiger partial charge in [-0.15, -0.1) is 0 Å². The Morgan fingerprint density at radius 3 is 2.26 bits per heavy atom. The number of ether oxygens (including phenoxy) is 3. The summed E-state index contributed by atoms with van der Waals surface area (Å²) >= 11 is 3.85. The van der Waals surface area contributed by atoms with Crippen molar-refractivity contribution < 1.29 is 33.7 Å². The van der Waals surface area contributed by atoms with Gasteiger partial charge in [-0.05, 0) is 48.9 Å². The number of ketones is 1. The van der Waals surface area contributed by atoms with Crippen LogP contribution in [-0.4, -0.2) is 48.5 Å². The molecule has 8 nitrogen and oxygen atoms in total. The standard InChI is InChI=1S/C22H25NO7S/c1-14(24)15-3-7-17(8-4-15)23-22(27)30-21(16-5-9-18(25)10-6-16)19(28-2)11-12-29-20(26)13-31/h3-10,19,21,25,31H,11-13H2,1-2H3,(H,23,27)/t19-,21-/m1/s1. The van der Waals surface area contributed by atoms with E-state index in [-0.39, 0.29) is 30.3 Å². The molecule has 2 rings (SSSR count). The van der Waals surface area contributed by atoms with Crippen LogP contribution in [0.4, 0.5) is 10.5 Å². The summed E-state index contributed by atoms with van der Waals surface area (Å²) in [4.78, 5) is 35.2. The van der Waals surface area contributed by atoms with Gasteiger partial charge in [-0.25, -0.2) is 4.79 Å². The number of amides is 1. The first-order chi connectivity index (χ1) is 14.8. The molecule has 2 aromatic carbocycles. The fourth-order valence-corrected chi connectivity index (χ4v) is 2.89. The number of thiol groups is 1. The van der Waals surface area contributed by atoms with Crippen LogP contribution >= 0.6 is 12.6 Å². The summed E-state index contributed by atoms with van der Waals surface area (Å²) in [6, 6.07) is 12.6. The normalized spacial score (nSPS) is 12.5. The van der Waals surface area contributed by atoms with Gasteiger partial charge in [0.2, 0.25) is 0 Å². The summed E-state index contributed by atoms with van der Waals surface area (Å²) in [6.07, 6.45) is -1.93. The van der Waals surface area contributed by atoms with E-state index in [1.54, 1.807) is 36.4 Å². The number of phenols is 1. The third-order valence-corrected chi connectivity index (χ3v) is 4.69. The Bertz CT molecular complexity index is 884. The fourth-order valence-electron chi connectivity index (χ4n) is 2.80. The van der Waals surface area contributed by atoms with Crippen molar-refractivity contribution in [2.75, 3.05) is 24.8 Å². The number of anilines is 1. The van der Waals surface area contributed by atoms with Gasteiger partial charge in [0.1, 0.15) is 11.9 Å². The second-order valence-electron chi connectivity index (χ2n) is 6.62. The molecule has 31 heavy (non-hydrogen) atoms. The number of hydrogen-bond acceptors (Lipinski definition) is 8. The summed E-state index contributed by atoms with van der Waals surface area (Å²) in [5.41, 5.74) is 1.57. The molecule has 0 spiro atoms. The minimum Gasteiger partial charge on any atom is -0.508 e. The SMILES string of the molecule is CO[C@H](CCOC(=O)CS)[C@H](OC(=O)Nc1ccc(C(C)=O)cc1)c1ccc(O)cc1. The molecule has 0 aliphatic heterocycles. The maximum absolute atomic E-state index is 12.5. The number of Topliss-reactive ketones (excluding diaryl/α,β-unsaturated/α-hetero) is 1. The lowest BCUT2D eigenvalue weighted by molar-refractivity contribution is -0.141. The maximum atomic E-state index is 12.5. The molecule has 0 bridgehead atoms. The van der Waals surface area contributed by atoms with Crippen LogP contribution in [0.15, 0.2) is 48.5 Å². The van der Waals surface area contributed by atoms with Crippen LogP contribution in [0.25, 0.3) is 0 Å². The van der Waals surface area contributed by atoms with Crippen molar-refractivity contribution in [2.45, 2.75) is 25.6 Å². The average molecular weight is 448 g/mol. The number of esters is 1. The Balaban J connectivity index is 2.13. The molecule has 0 unspecified atom stereocenters. The number of phenolic OH excluding ortho intramolecular Hbond substituents is 1. The third-order valence-electron chi connectivity index (χ3n) is 4.43. The number of nitrogens with one attached hydrogen (secondary N) is 1. The van der Waals surface area contributed by atoms with Crippen LogP contribution in [0, 0.1) is 0 Å². The van der Waals surface area contributed by atoms with Crippen LogP contribution in [0.5, 0.6) is 5.75 Å². The molecule has 0 saturated heterocycles. The Labute approximate surface area is 185 Å². The van der Waals surface area contributed by atoms with Gasteiger partial charge in [0.05, 0.1) is 12.4 Å². The highest BCUT2D eigenvalue weighted by atomic mass is 32.1. The molecule has 0 fully saturated rings. The number of hydrogen-bond donors (Lipinski definition) is 3. The fraction of sp³-hybridized carbons (Fsp3) is 0.318. The second-order valence-corrected chi connectivity index (χ2v) is 6.93. The predicted octanol–water partition coefficient (Wildman–Crippen LogP) is 3.76. The van der Waals surface area contributed by atoms with Crippen LogP contribution in [-0.2, 0) is 19.0 Å². The van der Waals surface area contributed by atoms with Gasteiger partial charge >= 0.3 is 12.1 Å². The molecule has 0 aliphatic rings. The Morgan fingerprint density at radius 2 is 1.71 bits per heavy atom. The number of rotatable bonds is 10. The highest BCUT2D eigenvalue weighted by molar-refractivity contribution is 7.81. The average Bonchev–Trinajstić information content (AvgIpc) is 2.76. The van der Waals surface area contributed by atoms with Crippen molar-refractivity contribution in [3.05, 3.63) is 59.7 Å². The molecule has 1 amide bonds. The van der Waals surface area contributed by atoms with E-state index < -0.39 is 24.3 Å². The van der Waals surface area contributed by atoms with E-state index in [0.29, 0.717) is 16.8 Å².